The van der Waals surface area contributed by atoms with Gasteiger partial charge >= 0.3 is 0 Å². The molecule has 124 valence electrons. The standard InChI is InChI=1S/C16H19N7O/c1-22(11-7-12-6-2-3-8-17-12)15-16(23-9-4-5-10-23)19-14-13(18-15)20-24-21-14/h2-3,6,8H,4-5,7,9-11H2,1H3. The van der Waals surface area contributed by atoms with Gasteiger partial charge in [0, 0.05) is 45.0 Å². The van der Waals surface area contributed by atoms with Gasteiger partial charge in [0.1, 0.15) is 0 Å². The second-order valence-corrected chi connectivity index (χ2v) is 5.97. The fourth-order valence-electron chi connectivity index (χ4n) is 2.95. The van der Waals surface area contributed by atoms with Crippen LogP contribution in [0.1, 0.15) is 18.5 Å². The first-order valence-corrected chi connectivity index (χ1v) is 8.17. The summed E-state index contributed by atoms with van der Waals surface area (Å²) in [6.45, 7) is 2.78. The number of aromatic nitrogens is 5. The predicted molar refractivity (Wildman–Crippen MR) is 90.1 cm³/mol. The third-order valence-electron chi connectivity index (χ3n) is 4.27. The molecule has 1 saturated heterocycles. The molecule has 1 aliphatic heterocycles. The van der Waals surface area contributed by atoms with E-state index in [4.69, 9.17) is 4.63 Å². The minimum absolute atomic E-state index is 0.442. The first-order valence-electron chi connectivity index (χ1n) is 8.17. The van der Waals surface area contributed by atoms with Crippen molar-refractivity contribution in [2.24, 2.45) is 0 Å². The van der Waals surface area contributed by atoms with Crippen LogP contribution >= 0.6 is 0 Å². The lowest BCUT2D eigenvalue weighted by Crippen LogP contribution is -2.27. The van der Waals surface area contributed by atoms with E-state index >= 15 is 0 Å². The monoisotopic (exact) mass is 325 g/mol. The fourth-order valence-corrected chi connectivity index (χ4v) is 2.95. The molecule has 24 heavy (non-hydrogen) atoms. The van der Waals surface area contributed by atoms with E-state index in [9.17, 15) is 0 Å². The predicted octanol–water partition coefficient (Wildman–Crippen LogP) is 1.69. The van der Waals surface area contributed by atoms with Crippen molar-refractivity contribution in [3.63, 3.8) is 0 Å². The lowest BCUT2D eigenvalue weighted by Gasteiger charge is -2.24. The van der Waals surface area contributed by atoms with Gasteiger partial charge in [-0.25, -0.2) is 14.6 Å². The van der Waals surface area contributed by atoms with Crippen LogP contribution in [0.4, 0.5) is 11.6 Å². The summed E-state index contributed by atoms with van der Waals surface area (Å²) in [5.41, 5.74) is 1.96. The van der Waals surface area contributed by atoms with Gasteiger partial charge < -0.3 is 9.80 Å². The molecule has 0 radical (unpaired) electrons. The maximum atomic E-state index is 4.77. The lowest BCUT2D eigenvalue weighted by molar-refractivity contribution is 0.314. The second-order valence-electron chi connectivity index (χ2n) is 5.97. The Balaban J connectivity index is 1.62. The zero-order chi connectivity index (χ0) is 16.4. The Morgan fingerprint density at radius 2 is 1.92 bits per heavy atom. The quantitative estimate of drug-likeness (QED) is 0.700. The number of nitrogens with zero attached hydrogens (tertiary/aromatic N) is 7. The van der Waals surface area contributed by atoms with E-state index in [2.05, 4.69) is 35.1 Å². The number of fused-ring (bicyclic) bond motifs is 1. The van der Waals surface area contributed by atoms with E-state index < -0.39 is 0 Å². The molecule has 3 aromatic heterocycles. The van der Waals surface area contributed by atoms with Crippen molar-refractivity contribution in [2.75, 3.05) is 36.5 Å². The molecule has 3 aromatic rings. The number of hydrogen-bond donors (Lipinski definition) is 0. The smallest absolute Gasteiger partial charge is 0.245 e. The van der Waals surface area contributed by atoms with Crippen molar-refractivity contribution in [2.45, 2.75) is 19.3 Å². The van der Waals surface area contributed by atoms with Crippen molar-refractivity contribution >= 4 is 22.9 Å². The van der Waals surface area contributed by atoms with Crippen LogP contribution in [0.5, 0.6) is 0 Å². The SMILES string of the molecule is CN(CCc1ccccn1)c1nc2nonc2nc1N1CCCC1. The molecule has 0 atom stereocenters. The number of likely N-dealkylation sites (N-methyl/N-ethyl adjacent to an activating group) is 1. The Morgan fingerprint density at radius 1 is 1.12 bits per heavy atom. The average Bonchev–Trinajstić information content (AvgIpc) is 3.30. The first kappa shape index (κ1) is 14.8. The molecule has 1 aliphatic rings. The Kier molecular flexibility index (Phi) is 3.94. The third kappa shape index (κ3) is 2.86. The van der Waals surface area contributed by atoms with E-state index in [1.165, 1.54) is 12.8 Å². The molecule has 8 nitrogen and oxygen atoms in total. The topological polar surface area (TPSA) is 84.1 Å². The summed E-state index contributed by atoms with van der Waals surface area (Å²) >= 11 is 0. The summed E-state index contributed by atoms with van der Waals surface area (Å²) in [5.74, 6) is 1.68. The lowest BCUT2D eigenvalue weighted by atomic mass is 10.2. The van der Waals surface area contributed by atoms with Crippen LogP contribution in [0.2, 0.25) is 0 Å². The van der Waals surface area contributed by atoms with E-state index in [-0.39, 0.29) is 0 Å². The molecule has 0 N–H and O–H groups in total. The summed E-state index contributed by atoms with van der Waals surface area (Å²) in [6, 6.07) is 5.96. The highest BCUT2D eigenvalue weighted by Gasteiger charge is 2.23. The number of hydrogen-bond acceptors (Lipinski definition) is 8. The molecule has 0 bridgehead atoms. The van der Waals surface area contributed by atoms with Crippen molar-refractivity contribution in [3.05, 3.63) is 30.1 Å². The van der Waals surface area contributed by atoms with Gasteiger partial charge in [0.25, 0.3) is 0 Å². The van der Waals surface area contributed by atoms with Crippen LogP contribution in [0.3, 0.4) is 0 Å². The minimum Gasteiger partial charge on any atom is -0.356 e. The summed E-state index contributed by atoms with van der Waals surface area (Å²) < 4.78 is 4.77. The maximum absolute atomic E-state index is 4.77. The van der Waals surface area contributed by atoms with Gasteiger partial charge in [-0.1, -0.05) is 6.07 Å². The molecule has 0 saturated carbocycles. The molecule has 4 heterocycles. The van der Waals surface area contributed by atoms with Crippen LogP contribution in [0.25, 0.3) is 11.3 Å². The minimum atomic E-state index is 0.442. The average molecular weight is 325 g/mol. The normalized spacial score (nSPS) is 14.5. The van der Waals surface area contributed by atoms with Gasteiger partial charge in [-0.2, -0.15) is 0 Å². The Labute approximate surface area is 139 Å². The van der Waals surface area contributed by atoms with Gasteiger partial charge in [-0.15, -0.1) is 0 Å². The molecule has 0 aromatic carbocycles. The van der Waals surface area contributed by atoms with Crippen LogP contribution in [-0.2, 0) is 6.42 Å². The molecule has 1 fully saturated rings. The molecule has 0 aliphatic carbocycles. The van der Waals surface area contributed by atoms with E-state index in [0.29, 0.717) is 11.3 Å². The fraction of sp³-hybridized carbons (Fsp3) is 0.438. The molecular formula is C16H19N7O. The molecule has 0 spiro atoms. The van der Waals surface area contributed by atoms with Crippen LogP contribution in [0.15, 0.2) is 29.0 Å². The Bertz CT molecular complexity index is 814. The zero-order valence-electron chi connectivity index (χ0n) is 13.6. The van der Waals surface area contributed by atoms with E-state index in [0.717, 1.165) is 43.4 Å². The van der Waals surface area contributed by atoms with Gasteiger partial charge in [-0.05, 0) is 35.3 Å². The van der Waals surface area contributed by atoms with Crippen LogP contribution in [-0.4, -0.2) is 51.9 Å². The molecular weight excluding hydrogens is 306 g/mol. The first-order chi connectivity index (χ1) is 11.8. The molecule has 0 unspecified atom stereocenters. The van der Waals surface area contributed by atoms with E-state index in [1.54, 1.807) is 0 Å². The Morgan fingerprint density at radius 3 is 2.67 bits per heavy atom. The molecule has 0 amide bonds. The van der Waals surface area contributed by atoms with Gasteiger partial charge in [0.15, 0.2) is 11.6 Å². The van der Waals surface area contributed by atoms with Crippen molar-refractivity contribution in [1.82, 2.24) is 25.3 Å². The highest BCUT2D eigenvalue weighted by molar-refractivity contribution is 5.74. The summed E-state index contributed by atoms with van der Waals surface area (Å²) in [6.07, 6.45) is 5.01. The largest absolute Gasteiger partial charge is 0.356 e. The van der Waals surface area contributed by atoms with Gasteiger partial charge in [0.2, 0.25) is 11.3 Å². The van der Waals surface area contributed by atoms with Gasteiger partial charge in [-0.3, -0.25) is 4.98 Å². The molecule has 4 rings (SSSR count). The molecule has 8 heteroatoms. The second kappa shape index (κ2) is 6.38. The number of pyridine rings is 1. The zero-order valence-corrected chi connectivity index (χ0v) is 13.6. The Hall–Kier alpha value is -2.77. The summed E-state index contributed by atoms with van der Waals surface area (Å²) in [5, 5.41) is 7.66. The number of anilines is 2. The van der Waals surface area contributed by atoms with Crippen LogP contribution in [0, 0.1) is 0 Å². The summed E-state index contributed by atoms with van der Waals surface area (Å²) in [4.78, 5) is 18.0. The van der Waals surface area contributed by atoms with E-state index in [1.807, 2.05) is 31.4 Å². The van der Waals surface area contributed by atoms with Crippen LogP contribution < -0.4 is 9.80 Å². The van der Waals surface area contributed by atoms with Crippen molar-refractivity contribution in [3.8, 4) is 0 Å². The number of rotatable bonds is 5. The third-order valence-corrected chi connectivity index (χ3v) is 4.27. The summed E-state index contributed by atoms with van der Waals surface area (Å²) in [7, 11) is 2.02. The maximum Gasteiger partial charge on any atom is 0.245 e. The van der Waals surface area contributed by atoms with Gasteiger partial charge in [0.05, 0.1) is 0 Å². The highest BCUT2D eigenvalue weighted by Crippen LogP contribution is 2.29. The van der Waals surface area contributed by atoms with Crippen molar-refractivity contribution in [1.29, 1.82) is 0 Å². The van der Waals surface area contributed by atoms with Crippen molar-refractivity contribution < 1.29 is 4.63 Å². The highest BCUT2D eigenvalue weighted by atomic mass is 16.6.